The minimum atomic E-state index is -0.702. The van der Waals surface area contributed by atoms with Gasteiger partial charge in [-0.15, -0.1) is 0 Å². The molecule has 0 unspecified atom stereocenters. The van der Waals surface area contributed by atoms with Crippen molar-refractivity contribution in [3.8, 4) is 0 Å². The van der Waals surface area contributed by atoms with Crippen molar-refractivity contribution in [3.05, 3.63) is 84.2 Å². The number of pyridine rings is 1. The Labute approximate surface area is 150 Å². The Morgan fingerprint density at radius 1 is 1.08 bits per heavy atom. The normalized spacial score (nSPS) is 10.4. The molecule has 0 fully saturated rings. The van der Waals surface area contributed by atoms with Gasteiger partial charge in [-0.3, -0.25) is 4.79 Å². The summed E-state index contributed by atoms with van der Waals surface area (Å²) in [5.74, 6) is -1.57. The molecule has 3 rings (SSSR count). The number of halogens is 2. The van der Waals surface area contributed by atoms with Crippen LogP contribution in [0.3, 0.4) is 0 Å². The quantitative estimate of drug-likeness (QED) is 0.719. The highest BCUT2D eigenvalue weighted by Gasteiger charge is 2.17. The van der Waals surface area contributed by atoms with Gasteiger partial charge < -0.3 is 10.2 Å². The fourth-order valence-electron chi connectivity index (χ4n) is 2.53. The molecule has 2 aromatic carbocycles. The average Bonchev–Trinajstić information content (AvgIpc) is 2.66. The monoisotopic (exact) mass is 353 g/mol. The number of rotatable bonds is 5. The molecule has 26 heavy (non-hydrogen) atoms. The minimum Gasteiger partial charge on any atom is -0.352 e. The predicted octanol–water partition coefficient (Wildman–Crippen LogP) is 4.77. The summed E-state index contributed by atoms with van der Waals surface area (Å²) < 4.78 is 26.7. The summed E-state index contributed by atoms with van der Waals surface area (Å²) in [6.07, 6.45) is 1.44. The summed E-state index contributed by atoms with van der Waals surface area (Å²) in [5, 5.41) is 2.81. The zero-order valence-electron chi connectivity index (χ0n) is 14.1. The largest absolute Gasteiger partial charge is 0.352 e. The molecule has 4 nitrogen and oxygen atoms in total. The second-order valence-electron chi connectivity index (χ2n) is 5.57. The number of hydrogen-bond acceptors (Lipinski definition) is 3. The molecule has 132 valence electrons. The number of aromatic nitrogens is 1. The van der Waals surface area contributed by atoms with E-state index in [1.54, 1.807) is 17.0 Å². The lowest BCUT2D eigenvalue weighted by atomic mass is 10.2. The van der Waals surface area contributed by atoms with E-state index in [0.717, 1.165) is 17.8 Å². The van der Waals surface area contributed by atoms with Gasteiger partial charge in [0, 0.05) is 18.3 Å². The number of carbonyl (C=O) groups is 1. The molecule has 0 atom stereocenters. The molecule has 0 bridgehead atoms. The van der Waals surface area contributed by atoms with Crippen molar-refractivity contribution in [2.24, 2.45) is 0 Å². The van der Waals surface area contributed by atoms with Crippen molar-refractivity contribution < 1.29 is 13.6 Å². The maximum Gasteiger partial charge on any atom is 0.276 e. The first-order valence-electron chi connectivity index (χ1n) is 8.13. The van der Waals surface area contributed by atoms with Crippen LogP contribution in [0, 0.1) is 11.6 Å². The molecule has 1 amide bonds. The number of anilines is 3. The third kappa shape index (κ3) is 3.85. The van der Waals surface area contributed by atoms with Gasteiger partial charge in [0.05, 0.1) is 17.6 Å². The van der Waals surface area contributed by atoms with Crippen LogP contribution in [-0.2, 0) is 0 Å². The first-order valence-corrected chi connectivity index (χ1v) is 8.13. The Morgan fingerprint density at radius 2 is 1.85 bits per heavy atom. The Balaban J connectivity index is 1.77. The van der Waals surface area contributed by atoms with Crippen LogP contribution in [0.2, 0.25) is 0 Å². The van der Waals surface area contributed by atoms with E-state index in [1.165, 1.54) is 12.3 Å². The van der Waals surface area contributed by atoms with Crippen molar-refractivity contribution >= 4 is 23.0 Å². The van der Waals surface area contributed by atoms with Gasteiger partial charge in [0.15, 0.2) is 0 Å². The van der Waals surface area contributed by atoms with Crippen molar-refractivity contribution in [2.75, 3.05) is 16.8 Å². The molecule has 0 saturated carbocycles. The van der Waals surface area contributed by atoms with Crippen LogP contribution in [0.15, 0.2) is 66.9 Å². The second kappa shape index (κ2) is 7.74. The molecule has 0 radical (unpaired) electrons. The first kappa shape index (κ1) is 17.5. The molecule has 0 aliphatic rings. The Kier molecular flexibility index (Phi) is 5.22. The maximum atomic E-state index is 13.7. The van der Waals surface area contributed by atoms with Crippen LogP contribution in [0.1, 0.15) is 17.4 Å². The van der Waals surface area contributed by atoms with Gasteiger partial charge in [0.1, 0.15) is 17.3 Å². The van der Waals surface area contributed by atoms with Gasteiger partial charge >= 0.3 is 0 Å². The Bertz CT molecular complexity index is 899. The van der Waals surface area contributed by atoms with Gasteiger partial charge in [-0.1, -0.05) is 18.2 Å². The van der Waals surface area contributed by atoms with Gasteiger partial charge in [0.25, 0.3) is 5.91 Å². The molecule has 1 N–H and O–H groups in total. The van der Waals surface area contributed by atoms with Crippen molar-refractivity contribution in [1.29, 1.82) is 0 Å². The van der Waals surface area contributed by atoms with E-state index in [4.69, 9.17) is 0 Å². The molecule has 1 aromatic heterocycles. The highest BCUT2D eigenvalue weighted by molar-refractivity contribution is 6.04. The third-order valence-electron chi connectivity index (χ3n) is 3.82. The molecular weight excluding hydrogens is 336 g/mol. The molecule has 0 spiro atoms. The molecule has 6 heteroatoms. The van der Waals surface area contributed by atoms with Crippen LogP contribution in [0.25, 0.3) is 0 Å². The second-order valence-corrected chi connectivity index (χ2v) is 5.57. The SMILES string of the molecule is CCN(C(=O)c1ccc(Nc2ccc(F)cc2F)cn1)c1ccccc1. The van der Waals surface area contributed by atoms with Gasteiger partial charge in [-0.2, -0.15) is 0 Å². The van der Waals surface area contributed by atoms with E-state index in [-0.39, 0.29) is 17.3 Å². The van der Waals surface area contributed by atoms with Crippen LogP contribution in [0.4, 0.5) is 25.8 Å². The fraction of sp³-hybridized carbons (Fsp3) is 0.100. The summed E-state index contributed by atoms with van der Waals surface area (Å²) >= 11 is 0. The number of hydrogen-bond donors (Lipinski definition) is 1. The lowest BCUT2D eigenvalue weighted by molar-refractivity contribution is 0.0983. The number of benzene rings is 2. The standard InChI is InChI=1S/C20H17F2N3O/c1-2-25(16-6-4-3-5-7-16)20(26)19-11-9-15(13-23-19)24-18-10-8-14(21)12-17(18)22/h3-13,24H,2H2,1H3. The Hall–Kier alpha value is -3.28. The summed E-state index contributed by atoms with van der Waals surface area (Å²) in [6, 6.07) is 15.8. The zero-order chi connectivity index (χ0) is 18.5. The third-order valence-corrected chi connectivity index (χ3v) is 3.82. The van der Waals surface area contributed by atoms with E-state index in [0.29, 0.717) is 12.2 Å². The molecular formula is C20H17F2N3O. The lowest BCUT2D eigenvalue weighted by Crippen LogP contribution is -2.31. The lowest BCUT2D eigenvalue weighted by Gasteiger charge is -2.20. The first-order chi connectivity index (χ1) is 12.6. The minimum absolute atomic E-state index is 0.131. The predicted molar refractivity (Wildman–Crippen MR) is 97.7 cm³/mol. The van der Waals surface area contributed by atoms with Gasteiger partial charge in [0.2, 0.25) is 0 Å². The smallest absolute Gasteiger partial charge is 0.276 e. The van der Waals surface area contributed by atoms with Crippen molar-refractivity contribution in [2.45, 2.75) is 6.92 Å². The van der Waals surface area contributed by atoms with Gasteiger partial charge in [-0.25, -0.2) is 13.8 Å². The molecule has 0 aliphatic carbocycles. The van der Waals surface area contributed by atoms with Crippen LogP contribution >= 0.6 is 0 Å². The van der Waals surface area contributed by atoms with Crippen LogP contribution in [-0.4, -0.2) is 17.4 Å². The highest BCUT2D eigenvalue weighted by Crippen LogP contribution is 2.21. The number of para-hydroxylation sites is 1. The molecule has 1 heterocycles. The topological polar surface area (TPSA) is 45.2 Å². The number of nitrogens with one attached hydrogen (secondary N) is 1. The summed E-state index contributed by atoms with van der Waals surface area (Å²) in [5.41, 5.74) is 1.69. The number of amides is 1. The van der Waals surface area contributed by atoms with Crippen LogP contribution in [0.5, 0.6) is 0 Å². The summed E-state index contributed by atoms with van der Waals surface area (Å²) in [6.45, 7) is 2.39. The van der Waals surface area contributed by atoms with Gasteiger partial charge in [-0.05, 0) is 43.3 Å². The number of nitrogens with zero attached hydrogens (tertiary/aromatic N) is 2. The summed E-state index contributed by atoms with van der Waals surface area (Å²) in [7, 11) is 0. The van der Waals surface area contributed by atoms with E-state index in [2.05, 4.69) is 10.3 Å². The summed E-state index contributed by atoms with van der Waals surface area (Å²) in [4.78, 5) is 18.5. The molecule has 3 aromatic rings. The van der Waals surface area contributed by atoms with E-state index >= 15 is 0 Å². The maximum absolute atomic E-state index is 13.7. The average molecular weight is 353 g/mol. The van der Waals surface area contributed by atoms with Crippen molar-refractivity contribution in [1.82, 2.24) is 4.98 Å². The molecule has 0 aliphatic heterocycles. The number of carbonyl (C=O) groups excluding carboxylic acids is 1. The van der Waals surface area contributed by atoms with Crippen LogP contribution < -0.4 is 10.2 Å². The fourth-order valence-corrected chi connectivity index (χ4v) is 2.53. The zero-order valence-corrected chi connectivity index (χ0v) is 14.1. The Morgan fingerprint density at radius 3 is 2.46 bits per heavy atom. The van der Waals surface area contributed by atoms with E-state index in [9.17, 15) is 13.6 Å². The highest BCUT2D eigenvalue weighted by atomic mass is 19.1. The van der Waals surface area contributed by atoms with Crippen molar-refractivity contribution in [3.63, 3.8) is 0 Å². The van der Waals surface area contributed by atoms with E-state index in [1.807, 2.05) is 37.3 Å². The van der Waals surface area contributed by atoms with E-state index < -0.39 is 11.6 Å². The molecule has 0 saturated heterocycles.